The molecular weight excluding hydrogens is 325 g/mol. The molecule has 1 saturated carbocycles. The van der Waals surface area contributed by atoms with Gasteiger partial charge in [-0.2, -0.15) is 0 Å². The van der Waals surface area contributed by atoms with E-state index in [1.54, 1.807) is 25.1 Å². The Hall–Kier alpha value is -1.26. The number of halogens is 2. The van der Waals surface area contributed by atoms with Crippen LogP contribution in [-0.4, -0.2) is 18.0 Å². The maximum atomic E-state index is 12.1. The molecule has 1 aromatic rings. The lowest BCUT2D eigenvalue weighted by Crippen LogP contribution is -2.33. The maximum absolute atomic E-state index is 12.1. The van der Waals surface area contributed by atoms with Gasteiger partial charge in [0.1, 0.15) is 0 Å². The fourth-order valence-electron chi connectivity index (χ4n) is 2.49. The molecule has 1 aliphatic rings. The number of benzene rings is 1. The molecule has 0 spiro atoms. The fraction of sp³-hybridized carbons (Fsp3) is 0.500. The highest BCUT2D eigenvalue weighted by Gasteiger charge is 2.26. The van der Waals surface area contributed by atoms with E-state index in [2.05, 4.69) is 5.32 Å². The van der Waals surface area contributed by atoms with Gasteiger partial charge in [-0.3, -0.25) is 9.59 Å². The first-order chi connectivity index (χ1) is 10.5. The monoisotopic (exact) mass is 343 g/mol. The number of amides is 1. The lowest BCUT2D eigenvalue weighted by Gasteiger charge is -2.22. The normalized spacial score (nSPS) is 16.9. The van der Waals surface area contributed by atoms with Crippen LogP contribution in [0.15, 0.2) is 18.2 Å². The average molecular weight is 344 g/mol. The first kappa shape index (κ1) is 17.1. The van der Waals surface area contributed by atoms with Gasteiger partial charge in [0.2, 0.25) is 0 Å². The Kier molecular flexibility index (Phi) is 6.09. The second-order valence-electron chi connectivity index (χ2n) is 5.53. The standard InChI is InChI=1S/C16H19Cl2NO3/c1-10(22-16(21)11-5-3-2-4-6-11)15(20)19-14-9-12(17)7-8-13(14)18/h7-11H,2-6H2,1H3,(H,19,20). The van der Waals surface area contributed by atoms with Crippen molar-refractivity contribution in [2.45, 2.75) is 45.1 Å². The first-order valence-corrected chi connectivity index (χ1v) is 8.19. The van der Waals surface area contributed by atoms with Crippen molar-refractivity contribution in [3.05, 3.63) is 28.2 Å². The Bertz CT molecular complexity index is 556. The molecule has 1 amide bonds. The van der Waals surface area contributed by atoms with Gasteiger partial charge in [-0.15, -0.1) is 0 Å². The predicted octanol–water partition coefficient (Wildman–Crippen LogP) is 4.44. The summed E-state index contributed by atoms with van der Waals surface area (Å²) in [4.78, 5) is 24.1. The molecule has 1 N–H and O–H groups in total. The highest BCUT2D eigenvalue weighted by atomic mass is 35.5. The molecule has 6 heteroatoms. The molecule has 0 bridgehead atoms. The van der Waals surface area contributed by atoms with Crippen LogP contribution in [0, 0.1) is 5.92 Å². The molecule has 1 atom stereocenters. The Morgan fingerprint density at radius 1 is 1.23 bits per heavy atom. The smallest absolute Gasteiger partial charge is 0.309 e. The Labute approximate surface area is 140 Å². The summed E-state index contributed by atoms with van der Waals surface area (Å²) in [6, 6.07) is 4.78. The zero-order valence-electron chi connectivity index (χ0n) is 12.4. The minimum atomic E-state index is -0.871. The van der Waals surface area contributed by atoms with Crippen molar-refractivity contribution in [3.63, 3.8) is 0 Å². The molecule has 2 rings (SSSR count). The van der Waals surface area contributed by atoms with E-state index in [9.17, 15) is 9.59 Å². The van der Waals surface area contributed by atoms with Crippen LogP contribution in [0.2, 0.25) is 10.0 Å². The molecule has 120 valence electrons. The summed E-state index contributed by atoms with van der Waals surface area (Å²) < 4.78 is 5.27. The van der Waals surface area contributed by atoms with E-state index in [0.717, 1.165) is 32.1 Å². The van der Waals surface area contributed by atoms with E-state index in [1.807, 2.05) is 0 Å². The number of hydrogen-bond acceptors (Lipinski definition) is 3. The minimum Gasteiger partial charge on any atom is -0.452 e. The van der Waals surface area contributed by atoms with Crippen LogP contribution in [0.1, 0.15) is 39.0 Å². The fourth-order valence-corrected chi connectivity index (χ4v) is 2.83. The van der Waals surface area contributed by atoms with Crippen molar-refractivity contribution < 1.29 is 14.3 Å². The molecule has 1 unspecified atom stereocenters. The van der Waals surface area contributed by atoms with Crippen molar-refractivity contribution in [2.75, 3.05) is 5.32 Å². The van der Waals surface area contributed by atoms with Gasteiger partial charge in [0.05, 0.1) is 16.6 Å². The van der Waals surface area contributed by atoms with Gasteiger partial charge in [0.15, 0.2) is 6.10 Å². The van der Waals surface area contributed by atoms with Gasteiger partial charge in [-0.1, -0.05) is 42.5 Å². The third-order valence-electron chi connectivity index (χ3n) is 3.79. The second kappa shape index (κ2) is 7.84. The SMILES string of the molecule is CC(OC(=O)C1CCCCC1)C(=O)Nc1cc(Cl)ccc1Cl. The van der Waals surface area contributed by atoms with Gasteiger partial charge in [0.25, 0.3) is 5.91 Å². The quantitative estimate of drug-likeness (QED) is 0.822. The van der Waals surface area contributed by atoms with E-state index in [4.69, 9.17) is 27.9 Å². The molecular formula is C16H19Cl2NO3. The summed E-state index contributed by atoms with van der Waals surface area (Å²) in [5.74, 6) is -0.799. The van der Waals surface area contributed by atoms with Crippen molar-refractivity contribution in [2.24, 2.45) is 5.92 Å². The Morgan fingerprint density at radius 3 is 2.59 bits per heavy atom. The van der Waals surface area contributed by atoms with Crippen molar-refractivity contribution >= 4 is 40.8 Å². The van der Waals surface area contributed by atoms with Gasteiger partial charge in [-0.25, -0.2) is 0 Å². The van der Waals surface area contributed by atoms with E-state index < -0.39 is 12.0 Å². The number of esters is 1. The zero-order valence-corrected chi connectivity index (χ0v) is 13.9. The summed E-state index contributed by atoms with van der Waals surface area (Å²) in [6.45, 7) is 1.55. The number of hydrogen-bond donors (Lipinski definition) is 1. The van der Waals surface area contributed by atoms with Crippen LogP contribution < -0.4 is 5.32 Å². The molecule has 22 heavy (non-hydrogen) atoms. The summed E-state index contributed by atoms with van der Waals surface area (Å²) in [7, 11) is 0. The first-order valence-electron chi connectivity index (χ1n) is 7.44. The highest BCUT2D eigenvalue weighted by Crippen LogP contribution is 2.27. The zero-order chi connectivity index (χ0) is 16.1. The van der Waals surface area contributed by atoms with Crippen LogP contribution in [0.5, 0.6) is 0 Å². The number of anilines is 1. The number of rotatable bonds is 4. The van der Waals surface area contributed by atoms with Gasteiger partial charge in [0, 0.05) is 5.02 Å². The number of nitrogens with one attached hydrogen (secondary N) is 1. The average Bonchev–Trinajstić information content (AvgIpc) is 2.51. The molecule has 0 aromatic heterocycles. The van der Waals surface area contributed by atoms with Crippen molar-refractivity contribution in [3.8, 4) is 0 Å². The summed E-state index contributed by atoms with van der Waals surface area (Å²) >= 11 is 11.9. The summed E-state index contributed by atoms with van der Waals surface area (Å²) in [5, 5.41) is 3.47. The second-order valence-corrected chi connectivity index (χ2v) is 6.37. The molecule has 0 radical (unpaired) electrons. The van der Waals surface area contributed by atoms with Crippen LogP contribution >= 0.6 is 23.2 Å². The maximum Gasteiger partial charge on any atom is 0.309 e. The predicted molar refractivity (Wildman–Crippen MR) is 87.2 cm³/mol. The third kappa shape index (κ3) is 4.62. The molecule has 0 aliphatic heterocycles. The van der Waals surface area contributed by atoms with Crippen LogP contribution in [0.3, 0.4) is 0 Å². The van der Waals surface area contributed by atoms with Crippen LogP contribution in [0.25, 0.3) is 0 Å². The molecule has 1 fully saturated rings. The number of carbonyl (C=O) groups excluding carboxylic acids is 2. The topological polar surface area (TPSA) is 55.4 Å². The third-order valence-corrected chi connectivity index (χ3v) is 4.35. The van der Waals surface area contributed by atoms with Gasteiger partial charge >= 0.3 is 5.97 Å². The van der Waals surface area contributed by atoms with Crippen molar-refractivity contribution in [1.29, 1.82) is 0 Å². The molecule has 0 heterocycles. The lowest BCUT2D eigenvalue weighted by atomic mass is 9.89. The van der Waals surface area contributed by atoms with E-state index in [0.29, 0.717) is 15.7 Å². The Balaban J connectivity index is 1.91. The lowest BCUT2D eigenvalue weighted by molar-refractivity contribution is -0.158. The largest absolute Gasteiger partial charge is 0.452 e. The molecule has 4 nitrogen and oxygen atoms in total. The number of carbonyl (C=O) groups is 2. The van der Waals surface area contributed by atoms with E-state index >= 15 is 0 Å². The molecule has 1 aliphatic carbocycles. The molecule has 1 aromatic carbocycles. The number of ether oxygens (including phenoxy) is 1. The Morgan fingerprint density at radius 2 is 1.91 bits per heavy atom. The van der Waals surface area contributed by atoms with Crippen LogP contribution in [-0.2, 0) is 14.3 Å². The minimum absolute atomic E-state index is 0.0845. The van der Waals surface area contributed by atoms with Crippen molar-refractivity contribution in [1.82, 2.24) is 0 Å². The summed E-state index contributed by atoms with van der Waals surface area (Å²) in [5.41, 5.74) is 0.403. The van der Waals surface area contributed by atoms with Gasteiger partial charge < -0.3 is 10.1 Å². The van der Waals surface area contributed by atoms with E-state index in [1.165, 1.54) is 0 Å². The summed E-state index contributed by atoms with van der Waals surface area (Å²) in [6.07, 6.45) is 4.05. The van der Waals surface area contributed by atoms with Crippen LogP contribution in [0.4, 0.5) is 5.69 Å². The molecule has 0 saturated heterocycles. The highest BCUT2D eigenvalue weighted by molar-refractivity contribution is 6.35. The van der Waals surface area contributed by atoms with E-state index in [-0.39, 0.29) is 11.9 Å². The van der Waals surface area contributed by atoms with Gasteiger partial charge in [-0.05, 0) is 38.0 Å².